The van der Waals surface area contributed by atoms with Crippen molar-refractivity contribution in [3.8, 4) is 0 Å². The van der Waals surface area contributed by atoms with E-state index >= 15 is 0 Å². The number of aromatic nitrogens is 2. The lowest BCUT2D eigenvalue weighted by Crippen LogP contribution is -2.33. The van der Waals surface area contributed by atoms with Crippen LogP contribution in [0.1, 0.15) is 25.0 Å². The van der Waals surface area contributed by atoms with Gasteiger partial charge in [0.25, 0.3) is 0 Å². The molecular formula is C15H20N2O2. The Kier molecular flexibility index (Phi) is 3.53. The molecule has 19 heavy (non-hydrogen) atoms. The first-order valence-corrected chi connectivity index (χ1v) is 6.96. The number of nitrogens with zero attached hydrogens (tertiary/aromatic N) is 2. The molecule has 0 bridgehead atoms. The Morgan fingerprint density at radius 2 is 2.26 bits per heavy atom. The lowest BCUT2D eigenvalue weighted by Gasteiger charge is -2.26. The standard InChI is InChI=1S/C15H20N2O2/c1-17-13-7-3-2-6-11(13)12(16-17)10-14(18)15-8-4-5-9-19-15/h2-3,6-7,14-15,18H,4-5,8-10H2,1H3. The molecule has 2 aromatic rings. The van der Waals surface area contributed by atoms with Gasteiger partial charge in [-0.25, -0.2) is 0 Å². The number of hydrogen-bond donors (Lipinski definition) is 1. The van der Waals surface area contributed by atoms with Crippen LogP contribution in [0.3, 0.4) is 0 Å². The van der Waals surface area contributed by atoms with Crippen molar-refractivity contribution in [2.24, 2.45) is 7.05 Å². The van der Waals surface area contributed by atoms with Gasteiger partial charge >= 0.3 is 0 Å². The Labute approximate surface area is 113 Å². The Morgan fingerprint density at radius 1 is 1.42 bits per heavy atom. The van der Waals surface area contributed by atoms with E-state index in [0.717, 1.165) is 42.5 Å². The number of aliphatic hydroxyl groups is 1. The third kappa shape index (κ3) is 2.51. The van der Waals surface area contributed by atoms with E-state index in [1.54, 1.807) is 0 Å². The average Bonchev–Trinajstić information content (AvgIpc) is 2.77. The largest absolute Gasteiger partial charge is 0.390 e. The number of benzene rings is 1. The predicted molar refractivity (Wildman–Crippen MR) is 74.0 cm³/mol. The molecule has 0 spiro atoms. The first kappa shape index (κ1) is 12.6. The van der Waals surface area contributed by atoms with Gasteiger partial charge in [0.05, 0.1) is 23.4 Å². The maximum atomic E-state index is 10.3. The van der Waals surface area contributed by atoms with Crippen molar-refractivity contribution in [2.75, 3.05) is 6.61 Å². The van der Waals surface area contributed by atoms with Crippen molar-refractivity contribution in [3.05, 3.63) is 30.0 Å². The second kappa shape index (κ2) is 5.31. The van der Waals surface area contributed by atoms with Gasteiger partial charge in [0.1, 0.15) is 0 Å². The monoisotopic (exact) mass is 260 g/mol. The minimum Gasteiger partial charge on any atom is -0.390 e. The summed E-state index contributed by atoms with van der Waals surface area (Å²) in [6.07, 6.45) is 3.27. The summed E-state index contributed by atoms with van der Waals surface area (Å²) in [5.41, 5.74) is 2.06. The fourth-order valence-electron chi connectivity index (χ4n) is 2.84. The molecule has 1 aromatic carbocycles. The van der Waals surface area contributed by atoms with Crippen LogP contribution in [0.15, 0.2) is 24.3 Å². The molecule has 0 saturated carbocycles. The SMILES string of the molecule is Cn1nc(CC(O)C2CCCCO2)c2ccccc21. The van der Waals surface area contributed by atoms with E-state index in [-0.39, 0.29) is 6.10 Å². The summed E-state index contributed by atoms with van der Waals surface area (Å²) in [6, 6.07) is 8.13. The minimum absolute atomic E-state index is 0.0329. The highest BCUT2D eigenvalue weighted by molar-refractivity contribution is 5.81. The maximum Gasteiger partial charge on any atom is 0.0858 e. The number of aryl methyl sites for hydroxylation is 1. The molecular weight excluding hydrogens is 240 g/mol. The smallest absolute Gasteiger partial charge is 0.0858 e. The molecule has 0 amide bonds. The van der Waals surface area contributed by atoms with E-state index in [1.165, 1.54) is 0 Å². The zero-order valence-electron chi connectivity index (χ0n) is 11.2. The number of ether oxygens (including phenoxy) is 1. The van der Waals surface area contributed by atoms with Crippen molar-refractivity contribution < 1.29 is 9.84 Å². The van der Waals surface area contributed by atoms with Gasteiger partial charge in [0.2, 0.25) is 0 Å². The van der Waals surface area contributed by atoms with Gasteiger partial charge in [-0.1, -0.05) is 18.2 Å². The van der Waals surface area contributed by atoms with E-state index in [2.05, 4.69) is 17.2 Å². The first-order chi connectivity index (χ1) is 9.25. The Bertz CT molecular complexity index is 558. The minimum atomic E-state index is -0.460. The van der Waals surface area contributed by atoms with Gasteiger partial charge in [0.15, 0.2) is 0 Å². The molecule has 1 saturated heterocycles. The van der Waals surface area contributed by atoms with E-state index < -0.39 is 6.10 Å². The summed E-state index contributed by atoms with van der Waals surface area (Å²) < 4.78 is 7.52. The van der Waals surface area contributed by atoms with Crippen LogP contribution in [-0.4, -0.2) is 33.7 Å². The zero-order valence-corrected chi connectivity index (χ0v) is 11.2. The van der Waals surface area contributed by atoms with Crippen molar-refractivity contribution in [1.29, 1.82) is 0 Å². The molecule has 4 nitrogen and oxygen atoms in total. The van der Waals surface area contributed by atoms with Gasteiger partial charge in [-0.05, 0) is 25.3 Å². The molecule has 1 aliphatic heterocycles. The molecule has 3 rings (SSSR count). The molecule has 2 atom stereocenters. The number of para-hydroxylation sites is 1. The number of fused-ring (bicyclic) bond motifs is 1. The molecule has 102 valence electrons. The summed E-state index contributed by atoms with van der Waals surface area (Å²) in [5, 5.41) is 16.0. The molecule has 0 radical (unpaired) electrons. The third-order valence-corrected chi connectivity index (χ3v) is 3.88. The fraction of sp³-hybridized carbons (Fsp3) is 0.533. The van der Waals surface area contributed by atoms with Crippen LogP contribution in [0.2, 0.25) is 0 Å². The van der Waals surface area contributed by atoms with Crippen LogP contribution in [0.4, 0.5) is 0 Å². The van der Waals surface area contributed by atoms with Crippen LogP contribution in [0, 0.1) is 0 Å². The van der Waals surface area contributed by atoms with Crippen LogP contribution >= 0.6 is 0 Å². The van der Waals surface area contributed by atoms with Crippen molar-refractivity contribution in [3.63, 3.8) is 0 Å². The number of rotatable bonds is 3. The highest BCUT2D eigenvalue weighted by atomic mass is 16.5. The van der Waals surface area contributed by atoms with Crippen LogP contribution in [-0.2, 0) is 18.2 Å². The average molecular weight is 260 g/mol. The summed E-state index contributed by atoms with van der Waals surface area (Å²) in [4.78, 5) is 0. The van der Waals surface area contributed by atoms with E-state index in [4.69, 9.17) is 4.74 Å². The van der Waals surface area contributed by atoms with Crippen molar-refractivity contribution in [1.82, 2.24) is 9.78 Å². The van der Waals surface area contributed by atoms with Crippen LogP contribution < -0.4 is 0 Å². The second-order valence-corrected chi connectivity index (χ2v) is 5.26. The maximum absolute atomic E-state index is 10.3. The first-order valence-electron chi connectivity index (χ1n) is 6.96. The molecule has 0 aliphatic carbocycles. The number of aliphatic hydroxyl groups excluding tert-OH is 1. The molecule has 2 unspecified atom stereocenters. The normalized spacial score (nSPS) is 21.7. The predicted octanol–water partition coefficient (Wildman–Crippen LogP) is 2.05. The van der Waals surface area contributed by atoms with Gasteiger partial charge < -0.3 is 9.84 Å². The highest BCUT2D eigenvalue weighted by Crippen LogP contribution is 2.22. The Morgan fingerprint density at radius 3 is 3.05 bits per heavy atom. The summed E-state index contributed by atoms with van der Waals surface area (Å²) in [5.74, 6) is 0. The topological polar surface area (TPSA) is 47.3 Å². The zero-order chi connectivity index (χ0) is 13.2. The Hall–Kier alpha value is -1.39. The lowest BCUT2D eigenvalue weighted by atomic mass is 9.99. The van der Waals surface area contributed by atoms with E-state index in [0.29, 0.717) is 6.42 Å². The van der Waals surface area contributed by atoms with Crippen molar-refractivity contribution >= 4 is 10.9 Å². The van der Waals surface area contributed by atoms with Gasteiger partial charge in [-0.15, -0.1) is 0 Å². The summed E-state index contributed by atoms with van der Waals surface area (Å²) in [6.45, 7) is 0.769. The third-order valence-electron chi connectivity index (χ3n) is 3.88. The van der Waals surface area contributed by atoms with Crippen LogP contribution in [0.25, 0.3) is 10.9 Å². The van der Waals surface area contributed by atoms with Gasteiger partial charge in [0, 0.05) is 25.5 Å². The van der Waals surface area contributed by atoms with Crippen molar-refractivity contribution in [2.45, 2.75) is 37.9 Å². The molecule has 1 aromatic heterocycles. The fourth-order valence-corrected chi connectivity index (χ4v) is 2.84. The quantitative estimate of drug-likeness (QED) is 0.918. The summed E-state index contributed by atoms with van der Waals surface area (Å²) in [7, 11) is 1.94. The molecule has 4 heteroatoms. The molecule has 2 heterocycles. The van der Waals surface area contributed by atoms with Gasteiger partial charge in [-0.3, -0.25) is 4.68 Å². The molecule has 1 fully saturated rings. The molecule has 1 N–H and O–H groups in total. The lowest BCUT2D eigenvalue weighted by molar-refractivity contribution is -0.0613. The molecule has 1 aliphatic rings. The number of hydrogen-bond acceptors (Lipinski definition) is 3. The second-order valence-electron chi connectivity index (χ2n) is 5.26. The van der Waals surface area contributed by atoms with Crippen LogP contribution in [0.5, 0.6) is 0 Å². The summed E-state index contributed by atoms with van der Waals surface area (Å²) >= 11 is 0. The van der Waals surface area contributed by atoms with Gasteiger partial charge in [-0.2, -0.15) is 5.10 Å². The highest BCUT2D eigenvalue weighted by Gasteiger charge is 2.24. The Balaban J connectivity index is 1.81. The van der Waals surface area contributed by atoms with E-state index in [9.17, 15) is 5.11 Å². The van der Waals surface area contributed by atoms with E-state index in [1.807, 2.05) is 23.9 Å².